The monoisotopic (exact) mass is 296 g/mol. The summed E-state index contributed by atoms with van der Waals surface area (Å²) in [6, 6.07) is 5.73. The second-order valence-corrected chi connectivity index (χ2v) is 4.48. The number of nitrogens with two attached hydrogens (primary N) is 1. The van der Waals surface area contributed by atoms with Gasteiger partial charge < -0.3 is 10.5 Å². The lowest BCUT2D eigenvalue weighted by molar-refractivity contribution is 0.301. The van der Waals surface area contributed by atoms with E-state index in [2.05, 4.69) is 26.2 Å². The summed E-state index contributed by atoms with van der Waals surface area (Å²) in [6.45, 7) is 0.877. The van der Waals surface area contributed by atoms with E-state index in [9.17, 15) is 0 Å². The zero-order chi connectivity index (χ0) is 12.3. The molecule has 0 spiro atoms. The van der Waals surface area contributed by atoms with Gasteiger partial charge in [-0.15, -0.1) is 5.10 Å². The zero-order valence-electron chi connectivity index (χ0n) is 9.43. The fourth-order valence-corrected chi connectivity index (χ4v) is 1.82. The third-order valence-corrected chi connectivity index (χ3v) is 3.05. The second-order valence-electron chi connectivity index (χ2n) is 3.63. The van der Waals surface area contributed by atoms with Gasteiger partial charge >= 0.3 is 0 Å². The molecular weight excluding hydrogens is 284 g/mol. The molecule has 5 nitrogen and oxygen atoms in total. The van der Waals surface area contributed by atoms with Crippen molar-refractivity contribution in [3.05, 3.63) is 40.1 Å². The van der Waals surface area contributed by atoms with Crippen molar-refractivity contribution in [3.8, 4) is 5.75 Å². The molecule has 1 aromatic carbocycles. The van der Waals surface area contributed by atoms with E-state index in [0.717, 1.165) is 21.5 Å². The van der Waals surface area contributed by atoms with Gasteiger partial charge in [0.2, 0.25) is 0 Å². The van der Waals surface area contributed by atoms with Gasteiger partial charge in [0, 0.05) is 18.1 Å². The molecule has 0 bridgehead atoms. The van der Waals surface area contributed by atoms with Crippen LogP contribution in [-0.2, 0) is 20.2 Å². The Kier molecular flexibility index (Phi) is 3.75. The first kappa shape index (κ1) is 12.1. The average molecular weight is 297 g/mol. The molecule has 2 rings (SSSR count). The molecule has 0 saturated heterocycles. The summed E-state index contributed by atoms with van der Waals surface area (Å²) in [5.74, 6) is 0.777. The molecular formula is C11H13BrN4O. The van der Waals surface area contributed by atoms with E-state index in [0.29, 0.717) is 13.2 Å². The van der Waals surface area contributed by atoms with Crippen molar-refractivity contribution in [1.82, 2.24) is 15.0 Å². The third kappa shape index (κ3) is 3.04. The summed E-state index contributed by atoms with van der Waals surface area (Å²) in [5, 5.41) is 7.78. The van der Waals surface area contributed by atoms with Gasteiger partial charge in [0.15, 0.2) is 0 Å². The number of hydrogen-bond donors (Lipinski definition) is 1. The Morgan fingerprint density at radius 3 is 2.94 bits per heavy atom. The molecule has 0 aliphatic heterocycles. The van der Waals surface area contributed by atoms with Crippen molar-refractivity contribution >= 4 is 15.9 Å². The molecule has 17 heavy (non-hydrogen) atoms. The maximum Gasteiger partial charge on any atom is 0.134 e. The minimum Gasteiger partial charge on any atom is -0.487 e. The fourth-order valence-electron chi connectivity index (χ4n) is 1.42. The molecule has 0 radical (unpaired) electrons. The maximum atomic E-state index is 5.62. The predicted octanol–water partition coefficient (Wildman–Crippen LogP) is 1.62. The van der Waals surface area contributed by atoms with Gasteiger partial charge in [0.25, 0.3) is 0 Å². The molecule has 90 valence electrons. The SMILES string of the molecule is Cn1cc(COc2ccc(Br)c(CN)c2)nn1. The van der Waals surface area contributed by atoms with Crippen LogP contribution >= 0.6 is 15.9 Å². The average Bonchev–Trinajstić information content (AvgIpc) is 2.74. The van der Waals surface area contributed by atoms with Crippen molar-refractivity contribution in [2.24, 2.45) is 12.8 Å². The highest BCUT2D eigenvalue weighted by atomic mass is 79.9. The molecule has 0 unspecified atom stereocenters. The van der Waals surface area contributed by atoms with Crippen LogP contribution in [0.15, 0.2) is 28.9 Å². The molecule has 0 saturated carbocycles. The van der Waals surface area contributed by atoms with Crippen LogP contribution in [0.25, 0.3) is 0 Å². The highest BCUT2D eigenvalue weighted by Crippen LogP contribution is 2.22. The molecule has 0 aliphatic rings. The number of hydrogen-bond acceptors (Lipinski definition) is 4. The maximum absolute atomic E-state index is 5.62. The summed E-state index contributed by atoms with van der Waals surface area (Å²) in [5.41, 5.74) is 7.43. The van der Waals surface area contributed by atoms with E-state index in [1.165, 1.54) is 0 Å². The first-order valence-electron chi connectivity index (χ1n) is 5.15. The molecule has 1 heterocycles. The summed E-state index contributed by atoms with van der Waals surface area (Å²) >= 11 is 3.43. The highest BCUT2D eigenvalue weighted by Gasteiger charge is 2.03. The first-order chi connectivity index (χ1) is 8.19. The molecule has 2 N–H and O–H groups in total. The lowest BCUT2D eigenvalue weighted by atomic mass is 10.2. The smallest absolute Gasteiger partial charge is 0.134 e. The second kappa shape index (κ2) is 5.29. The van der Waals surface area contributed by atoms with E-state index >= 15 is 0 Å². The number of benzene rings is 1. The molecule has 6 heteroatoms. The van der Waals surface area contributed by atoms with E-state index in [4.69, 9.17) is 10.5 Å². The van der Waals surface area contributed by atoms with Crippen LogP contribution in [-0.4, -0.2) is 15.0 Å². The van der Waals surface area contributed by atoms with Gasteiger partial charge in [-0.2, -0.15) is 0 Å². The molecule has 0 amide bonds. The number of nitrogens with zero attached hydrogens (tertiary/aromatic N) is 3. The van der Waals surface area contributed by atoms with Gasteiger partial charge in [-0.05, 0) is 23.8 Å². The van der Waals surface area contributed by atoms with Crippen molar-refractivity contribution in [3.63, 3.8) is 0 Å². The third-order valence-electron chi connectivity index (χ3n) is 2.27. The Morgan fingerprint density at radius 1 is 1.47 bits per heavy atom. The summed E-state index contributed by atoms with van der Waals surface area (Å²) in [4.78, 5) is 0. The number of aryl methyl sites for hydroxylation is 1. The summed E-state index contributed by atoms with van der Waals surface area (Å²) in [6.07, 6.45) is 1.82. The van der Waals surface area contributed by atoms with Crippen LogP contribution in [0.3, 0.4) is 0 Å². The Bertz CT molecular complexity index is 512. The minimum atomic E-state index is 0.402. The van der Waals surface area contributed by atoms with Gasteiger partial charge in [-0.25, -0.2) is 0 Å². The van der Waals surface area contributed by atoms with Crippen LogP contribution in [0, 0.1) is 0 Å². The molecule has 1 aromatic heterocycles. The van der Waals surface area contributed by atoms with Crippen molar-refractivity contribution in [1.29, 1.82) is 0 Å². The van der Waals surface area contributed by atoms with Crippen molar-refractivity contribution in [2.45, 2.75) is 13.2 Å². The number of rotatable bonds is 4. The number of halogens is 1. The van der Waals surface area contributed by atoms with Gasteiger partial charge in [-0.3, -0.25) is 4.68 Å². The Morgan fingerprint density at radius 2 is 2.29 bits per heavy atom. The fraction of sp³-hybridized carbons (Fsp3) is 0.273. The largest absolute Gasteiger partial charge is 0.487 e. The number of aromatic nitrogens is 3. The first-order valence-corrected chi connectivity index (χ1v) is 5.95. The number of ether oxygens (including phenoxy) is 1. The standard InChI is InChI=1S/C11H13BrN4O/c1-16-6-9(14-15-16)7-17-10-2-3-11(12)8(4-10)5-13/h2-4,6H,5,7,13H2,1H3. The van der Waals surface area contributed by atoms with Crippen LogP contribution in [0.1, 0.15) is 11.3 Å². The van der Waals surface area contributed by atoms with Gasteiger partial charge in [0.1, 0.15) is 18.1 Å². The summed E-state index contributed by atoms with van der Waals surface area (Å²) < 4.78 is 8.25. The van der Waals surface area contributed by atoms with Crippen molar-refractivity contribution in [2.75, 3.05) is 0 Å². The van der Waals surface area contributed by atoms with Crippen molar-refractivity contribution < 1.29 is 4.74 Å². The van der Waals surface area contributed by atoms with Crippen LogP contribution in [0.5, 0.6) is 5.75 Å². The van der Waals surface area contributed by atoms with E-state index < -0.39 is 0 Å². The Hall–Kier alpha value is -1.40. The zero-order valence-corrected chi connectivity index (χ0v) is 11.0. The van der Waals surface area contributed by atoms with Gasteiger partial charge in [0.05, 0.1) is 6.20 Å². The van der Waals surface area contributed by atoms with E-state index in [1.54, 1.807) is 4.68 Å². The predicted molar refractivity (Wildman–Crippen MR) is 67.4 cm³/mol. The Balaban J connectivity index is 2.04. The minimum absolute atomic E-state index is 0.402. The molecule has 0 atom stereocenters. The van der Waals surface area contributed by atoms with Crippen LogP contribution < -0.4 is 10.5 Å². The Labute approximate surface area is 108 Å². The van der Waals surface area contributed by atoms with Gasteiger partial charge in [-0.1, -0.05) is 21.1 Å². The normalized spacial score (nSPS) is 10.5. The lowest BCUT2D eigenvalue weighted by Crippen LogP contribution is -2.00. The quantitative estimate of drug-likeness (QED) is 0.931. The van der Waals surface area contributed by atoms with Crippen LogP contribution in [0.4, 0.5) is 0 Å². The summed E-state index contributed by atoms with van der Waals surface area (Å²) in [7, 11) is 1.82. The van der Waals surface area contributed by atoms with E-state index in [1.807, 2.05) is 31.4 Å². The molecule has 2 aromatic rings. The van der Waals surface area contributed by atoms with Crippen LogP contribution in [0.2, 0.25) is 0 Å². The van der Waals surface area contributed by atoms with E-state index in [-0.39, 0.29) is 0 Å². The molecule has 0 fully saturated rings. The highest BCUT2D eigenvalue weighted by molar-refractivity contribution is 9.10. The lowest BCUT2D eigenvalue weighted by Gasteiger charge is -2.07. The molecule has 0 aliphatic carbocycles. The topological polar surface area (TPSA) is 66.0 Å².